The molecule has 3 rings (SSSR count). The molecular formula is C22H27NO4. The van der Waals surface area contributed by atoms with Gasteiger partial charge < -0.3 is 19.5 Å². The van der Waals surface area contributed by atoms with Crippen molar-refractivity contribution in [3.63, 3.8) is 0 Å². The molecule has 0 aromatic heterocycles. The monoisotopic (exact) mass is 369 g/mol. The van der Waals surface area contributed by atoms with Crippen molar-refractivity contribution in [3.05, 3.63) is 52.6 Å². The van der Waals surface area contributed by atoms with Crippen molar-refractivity contribution in [2.24, 2.45) is 0 Å². The Balaban J connectivity index is 1.62. The summed E-state index contributed by atoms with van der Waals surface area (Å²) in [6, 6.07) is 9.91. The molecule has 1 heterocycles. The molecule has 0 aliphatic carbocycles. The zero-order valence-electron chi connectivity index (χ0n) is 16.4. The second kappa shape index (κ2) is 8.33. The van der Waals surface area contributed by atoms with E-state index in [1.54, 1.807) is 0 Å². The molecule has 0 radical (unpaired) electrons. The van der Waals surface area contributed by atoms with E-state index >= 15 is 0 Å². The van der Waals surface area contributed by atoms with Crippen molar-refractivity contribution in [1.29, 1.82) is 0 Å². The van der Waals surface area contributed by atoms with Crippen LogP contribution in [0.2, 0.25) is 0 Å². The third-order valence-corrected chi connectivity index (χ3v) is 4.61. The van der Waals surface area contributed by atoms with E-state index in [9.17, 15) is 4.79 Å². The highest BCUT2D eigenvalue weighted by Crippen LogP contribution is 2.35. The minimum absolute atomic E-state index is 0.0197. The fourth-order valence-corrected chi connectivity index (χ4v) is 3.32. The highest BCUT2D eigenvalue weighted by atomic mass is 16.5. The van der Waals surface area contributed by atoms with Crippen LogP contribution in [0, 0.1) is 13.8 Å². The first-order chi connectivity index (χ1) is 13.0. The van der Waals surface area contributed by atoms with Gasteiger partial charge in [-0.15, -0.1) is 0 Å². The van der Waals surface area contributed by atoms with E-state index in [0.717, 1.165) is 45.9 Å². The molecule has 5 nitrogen and oxygen atoms in total. The van der Waals surface area contributed by atoms with Crippen LogP contribution in [0.3, 0.4) is 0 Å². The van der Waals surface area contributed by atoms with Crippen LogP contribution >= 0.6 is 0 Å². The van der Waals surface area contributed by atoms with E-state index in [-0.39, 0.29) is 18.6 Å². The van der Waals surface area contributed by atoms with Gasteiger partial charge in [-0.3, -0.25) is 4.79 Å². The molecule has 5 heteroatoms. The van der Waals surface area contributed by atoms with Crippen molar-refractivity contribution >= 4 is 5.91 Å². The number of aryl methyl sites for hydroxylation is 2. The molecule has 144 valence electrons. The highest BCUT2D eigenvalue weighted by molar-refractivity contribution is 5.77. The number of benzene rings is 2. The Labute approximate surface area is 160 Å². The zero-order chi connectivity index (χ0) is 19.4. The summed E-state index contributed by atoms with van der Waals surface area (Å²) < 4.78 is 17.3. The van der Waals surface area contributed by atoms with Crippen LogP contribution in [0.4, 0.5) is 0 Å². The number of carbonyl (C=O) groups excluding carboxylic acids is 1. The Morgan fingerprint density at radius 2 is 1.96 bits per heavy atom. The van der Waals surface area contributed by atoms with E-state index in [0.29, 0.717) is 13.2 Å². The van der Waals surface area contributed by atoms with Crippen LogP contribution in [-0.2, 0) is 17.8 Å². The molecule has 27 heavy (non-hydrogen) atoms. The largest absolute Gasteiger partial charge is 0.494 e. The van der Waals surface area contributed by atoms with Crippen molar-refractivity contribution in [3.8, 4) is 17.2 Å². The Morgan fingerprint density at radius 1 is 1.22 bits per heavy atom. The molecule has 0 bridgehead atoms. The number of hydrogen-bond donors (Lipinski definition) is 1. The summed E-state index contributed by atoms with van der Waals surface area (Å²) >= 11 is 0. The topological polar surface area (TPSA) is 56.8 Å². The van der Waals surface area contributed by atoms with E-state index in [2.05, 4.69) is 5.32 Å². The lowest BCUT2D eigenvalue weighted by molar-refractivity contribution is -0.123. The third-order valence-electron chi connectivity index (χ3n) is 4.61. The number of amides is 1. The molecule has 2 aromatic carbocycles. The Bertz CT molecular complexity index is 811. The number of ether oxygens (including phenoxy) is 3. The summed E-state index contributed by atoms with van der Waals surface area (Å²) in [6.45, 7) is 8.87. The first kappa shape index (κ1) is 19.1. The molecular weight excluding hydrogens is 342 g/mol. The summed E-state index contributed by atoms with van der Waals surface area (Å²) in [5, 5.41) is 2.91. The molecule has 0 unspecified atom stereocenters. The van der Waals surface area contributed by atoms with Gasteiger partial charge in [0.15, 0.2) is 6.61 Å². The first-order valence-corrected chi connectivity index (χ1v) is 9.39. The Morgan fingerprint density at radius 3 is 2.67 bits per heavy atom. The highest BCUT2D eigenvalue weighted by Gasteiger charge is 2.22. The van der Waals surface area contributed by atoms with Gasteiger partial charge >= 0.3 is 0 Å². The van der Waals surface area contributed by atoms with E-state index in [4.69, 9.17) is 14.2 Å². The SMILES string of the molecule is CCOc1cc2c(cc1CNC(=O)COc1c(C)cccc1C)O[C@@H](C)C2. The molecule has 1 N–H and O–H groups in total. The number of rotatable bonds is 7. The van der Waals surface area contributed by atoms with Crippen molar-refractivity contribution in [2.45, 2.75) is 46.8 Å². The van der Waals surface area contributed by atoms with E-state index < -0.39 is 0 Å². The molecule has 0 fully saturated rings. The van der Waals surface area contributed by atoms with Crippen LogP contribution in [0.1, 0.15) is 36.1 Å². The van der Waals surface area contributed by atoms with Crippen molar-refractivity contribution in [1.82, 2.24) is 5.32 Å². The van der Waals surface area contributed by atoms with Gasteiger partial charge in [0, 0.05) is 24.1 Å². The van der Waals surface area contributed by atoms with Crippen LogP contribution < -0.4 is 19.5 Å². The molecule has 1 atom stereocenters. The summed E-state index contributed by atoms with van der Waals surface area (Å²) in [4.78, 5) is 12.3. The van der Waals surface area contributed by atoms with Crippen molar-refractivity contribution in [2.75, 3.05) is 13.2 Å². The lowest BCUT2D eigenvalue weighted by atomic mass is 10.1. The Hall–Kier alpha value is -2.69. The summed E-state index contributed by atoms with van der Waals surface area (Å²) in [7, 11) is 0. The maximum absolute atomic E-state index is 12.3. The average molecular weight is 369 g/mol. The molecule has 2 aromatic rings. The standard InChI is InChI=1S/C22H27NO4/c1-5-25-19-10-17-9-16(4)27-20(17)11-18(19)12-23-21(24)13-26-22-14(2)7-6-8-15(22)3/h6-8,10-11,16H,5,9,12-13H2,1-4H3,(H,23,24)/t16-/m0/s1. The minimum Gasteiger partial charge on any atom is -0.494 e. The van der Waals surface area contributed by atoms with E-state index in [1.807, 2.05) is 58.0 Å². The quantitative estimate of drug-likeness (QED) is 0.808. The average Bonchev–Trinajstić information content (AvgIpc) is 2.98. The summed E-state index contributed by atoms with van der Waals surface area (Å²) in [5.41, 5.74) is 4.10. The lowest BCUT2D eigenvalue weighted by Gasteiger charge is -2.14. The fraction of sp³-hybridized carbons (Fsp3) is 0.409. The second-order valence-corrected chi connectivity index (χ2v) is 6.92. The van der Waals surface area contributed by atoms with Crippen molar-refractivity contribution < 1.29 is 19.0 Å². The normalized spacial score (nSPS) is 15.0. The summed E-state index contributed by atoms with van der Waals surface area (Å²) in [6.07, 6.45) is 1.05. The number of fused-ring (bicyclic) bond motifs is 1. The molecule has 0 spiro atoms. The number of hydrogen-bond acceptors (Lipinski definition) is 4. The minimum atomic E-state index is -0.171. The van der Waals surface area contributed by atoms with Crippen LogP contribution in [0.5, 0.6) is 17.2 Å². The van der Waals surface area contributed by atoms with Gasteiger partial charge in [-0.1, -0.05) is 18.2 Å². The van der Waals surface area contributed by atoms with Gasteiger partial charge in [0.25, 0.3) is 5.91 Å². The molecule has 0 saturated carbocycles. The van der Waals surface area contributed by atoms with Crippen LogP contribution in [0.25, 0.3) is 0 Å². The number of nitrogens with one attached hydrogen (secondary N) is 1. The van der Waals surface area contributed by atoms with Gasteiger partial charge in [-0.25, -0.2) is 0 Å². The van der Waals surface area contributed by atoms with Crippen LogP contribution in [0.15, 0.2) is 30.3 Å². The molecule has 0 saturated heterocycles. The predicted molar refractivity (Wildman–Crippen MR) is 105 cm³/mol. The molecule has 1 aliphatic rings. The third kappa shape index (κ3) is 4.54. The summed E-state index contributed by atoms with van der Waals surface area (Å²) in [5.74, 6) is 2.27. The van der Waals surface area contributed by atoms with Gasteiger partial charge in [-0.05, 0) is 51.0 Å². The maximum atomic E-state index is 12.3. The Kier molecular flexibility index (Phi) is 5.89. The van der Waals surface area contributed by atoms with Gasteiger partial charge in [0.2, 0.25) is 0 Å². The zero-order valence-corrected chi connectivity index (χ0v) is 16.4. The maximum Gasteiger partial charge on any atom is 0.258 e. The van der Waals surface area contributed by atoms with Crippen LogP contribution in [-0.4, -0.2) is 25.2 Å². The number of para-hydroxylation sites is 1. The molecule has 1 amide bonds. The second-order valence-electron chi connectivity index (χ2n) is 6.92. The smallest absolute Gasteiger partial charge is 0.258 e. The number of carbonyl (C=O) groups is 1. The predicted octanol–water partition coefficient (Wildman–Crippen LogP) is 3.72. The lowest BCUT2D eigenvalue weighted by Crippen LogP contribution is -2.28. The first-order valence-electron chi connectivity index (χ1n) is 9.39. The van der Waals surface area contributed by atoms with Gasteiger partial charge in [0.1, 0.15) is 23.4 Å². The molecule has 1 aliphatic heterocycles. The van der Waals surface area contributed by atoms with E-state index in [1.165, 1.54) is 0 Å². The fourth-order valence-electron chi connectivity index (χ4n) is 3.32. The van der Waals surface area contributed by atoms with Gasteiger partial charge in [0.05, 0.1) is 6.61 Å². The van der Waals surface area contributed by atoms with Gasteiger partial charge in [-0.2, -0.15) is 0 Å².